The predicted molar refractivity (Wildman–Crippen MR) is 109 cm³/mol. The van der Waals surface area contributed by atoms with Gasteiger partial charge in [-0.3, -0.25) is 14.2 Å². The van der Waals surface area contributed by atoms with Crippen molar-refractivity contribution in [3.63, 3.8) is 0 Å². The number of aromatic nitrogens is 4. The Morgan fingerprint density at radius 2 is 2.03 bits per heavy atom. The lowest BCUT2D eigenvalue weighted by molar-refractivity contribution is -0.113. The molecule has 2 N–H and O–H groups in total. The van der Waals surface area contributed by atoms with Crippen molar-refractivity contribution in [2.75, 3.05) is 11.1 Å². The molecule has 11 heteroatoms. The zero-order valence-corrected chi connectivity index (χ0v) is 17.4. The lowest BCUT2D eigenvalue weighted by Crippen LogP contribution is -2.36. The Balaban J connectivity index is 1.55. The summed E-state index contributed by atoms with van der Waals surface area (Å²) >= 11 is 1.05. The summed E-state index contributed by atoms with van der Waals surface area (Å²) in [5.41, 5.74) is 0.998. The smallest absolute Gasteiger partial charge is 0.328 e. The normalized spacial score (nSPS) is 10.9. The van der Waals surface area contributed by atoms with Gasteiger partial charge in [-0.2, -0.15) is 0 Å². The molecule has 158 valence electrons. The molecule has 3 aromatic rings. The summed E-state index contributed by atoms with van der Waals surface area (Å²) in [6, 6.07) is 4.46. The molecule has 0 bridgehead atoms. The fourth-order valence-electron chi connectivity index (χ4n) is 2.69. The number of nitrogens with one attached hydrogen (secondary N) is 2. The van der Waals surface area contributed by atoms with Crippen molar-refractivity contribution < 1.29 is 13.6 Å². The SMILES string of the molecule is Cc1ccc(NC(=O)CSc2nnc(CCc3c(C)[nH]c(=O)n(C)c3=O)o2)cc1F. The summed E-state index contributed by atoms with van der Waals surface area (Å²) in [7, 11) is 1.40. The molecule has 0 saturated carbocycles. The van der Waals surface area contributed by atoms with Gasteiger partial charge in [-0.05, 0) is 38.0 Å². The number of carbonyl (C=O) groups excluding carboxylic acids is 1. The topological polar surface area (TPSA) is 123 Å². The third-order valence-corrected chi connectivity index (χ3v) is 5.25. The molecule has 0 saturated heterocycles. The minimum absolute atomic E-state index is 0.0106. The summed E-state index contributed by atoms with van der Waals surface area (Å²) < 4.78 is 20.0. The van der Waals surface area contributed by atoms with Gasteiger partial charge in [0.2, 0.25) is 11.8 Å². The van der Waals surface area contributed by atoms with Crippen LogP contribution < -0.4 is 16.6 Å². The molecule has 0 radical (unpaired) electrons. The Morgan fingerprint density at radius 1 is 1.27 bits per heavy atom. The fourth-order valence-corrected chi connectivity index (χ4v) is 3.27. The number of hydrogen-bond donors (Lipinski definition) is 2. The van der Waals surface area contributed by atoms with Crippen LogP contribution in [0.2, 0.25) is 0 Å². The van der Waals surface area contributed by atoms with Crippen molar-refractivity contribution in [2.45, 2.75) is 31.9 Å². The number of carbonyl (C=O) groups is 1. The monoisotopic (exact) mass is 433 g/mol. The second kappa shape index (κ2) is 9.08. The van der Waals surface area contributed by atoms with E-state index in [4.69, 9.17) is 4.42 Å². The van der Waals surface area contributed by atoms with E-state index in [9.17, 15) is 18.8 Å². The van der Waals surface area contributed by atoms with Crippen LogP contribution in [-0.2, 0) is 24.7 Å². The van der Waals surface area contributed by atoms with E-state index < -0.39 is 11.5 Å². The molecule has 0 aliphatic rings. The van der Waals surface area contributed by atoms with Crippen LogP contribution >= 0.6 is 11.8 Å². The van der Waals surface area contributed by atoms with Gasteiger partial charge in [0.1, 0.15) is 5.82 Å². The maximum atomic E-state index is 13.5. The number of aromatic amines is 1. The number of thioether (sulfide) groups is 1. The van der Waals surface area contributed by atoms with Gasteiger partial charge in [0.25, 0.3) is 10.8 Å². The van der Waals surface area contributed by atoms with E-state index >= 15 is 0 Å². The van der Waals surface area contributed by atoms with Crippen molar-refractivity contribution in [3.8, 4) is 0 Å². The van der Waals surface area contributed by atoms with Gasteiger partial charge in [-0.1, -0.05) is 17.8 Å². The van der Waals surface area contributed by atoms with Crippen LogP contribution in [0, 0.1) is 19.7 Å². The second-order valence-electron chi connectivity index (χ2n) is 6.66. The van der Waals surface area contributed by atoms with E-state index in [-0.39, 0.29) is 22.4 Å². The van der Waals surface area contributed by atoms with E-state index in [0.717, 1.165) is 16.3 Å². The minimum atomic E-state index is -0.468. The number of anilines is 1. The van der Waals surface area contributed by atoms with Gasteiger partial charge in [-0.25, -0.2) is 9.18 Å². The Morgan fingerprint density at radius 3 is 2.77 bits per heavy atom. The third kappa shape index (κ3) is 5.03. The molecule has 0 atom stereocenters. The number of amides is 1. The highest BCUT2D eigenvalue weighted by Crippen LogP contribution is 2.18. The van der Waals surface area contributed by atoms with E-state index in [1.54, 1.807) is 26.0 Å². The minimum Gasteiger partial charge on any atom is -0.416 e. The zero-order chi connectivity index (χ0) is 21.8. The van der Waals surface area contributed by atoms with Crippen LogP contribution in [0.1, 0.15) is 22.7 Å². The predicted octanol–water partition coefficient (Wildman–Crippen LogP) is 1.73. The molecule has 0 aliphatic carbocycles. The van der Waals surface area contributed by atoms with Crippen molar-refractivity contribution in [2.24, 2.45) is 7.05 Å². The Bertz CT molecular complexity index is 1200. The molecule has 30 heavy (non-hydrogen) atoms. The average molecular weight is 433 g/mol. The zero-order valence-electron chi connectivity index (χ0n) is 16.6. The van der Waals surface area contributed by atoms with Gasteiger partial charge < -0.3 is 14.7 Å². The van der Waals surface area contributed by atoms with Gasteiger partial charge in [-0.15, -0.1) is 10.2 Å². The molecule has 0 spiro atoms. The molecule has 2 aromatic heterocycles. The number of hydrogen-bond acceptors (Lipinski definition) is 7. The molecule has 0 aliphatic heterocycles. The molecule has 2 heterocycles. The van der Waals surface area contributed by atoms with E-state index in [1.165, 1.54) is 13.1 Å². The maximum Gasteiger partial charge on any atom is 0.328 e. The van der Waals surface area contributed by atoms with Crippen LogP contribution in [0.4, 0.5) is 10.1 Å². The van der Waals surface area contributed by atoms with Crippen LogP contribution in [0.5, 0.6) is 0 Å². The van der Waals surface area contributed by atoms with Gasteiger partial charge in [0, 0.05) is 30.4 Å². The van der Waals surface area contributed by atoms with Crippen LogP contribution in [0.25, 0.3) is 0 Å². The number of rotatable bonds is 7. The van der Waals surface area contributed by atoms with Gasteiger partial charge >= 0.3 is 5.69 Å². The summed E-state index contributed by atoms with van der Waals surface area (Å²) in [5.74, 6) is -0.410. The first-order valence-electron chi connectivity index (χ1n) is 9.04. The highest BCUT2D eigenvalue weighted by molar-refractivity contribution is 7.99. The molecule has 0 unspecified atom stereocenters. The van der Waals surface area contributed by atoms with E-state index in [0.29, 0.717) is 41.2 Å². The third-order valence-electron chi connectivity index (χ3n) is 4.43. The molecule has 1 aromatic carbocycles. The molecule has 1 amide bonds. The van der Waals surface area contributed by atoms with Crippen molar-refractivity contribution in [3.05, 3.63) is 67.6 Å². The summed E-state index contributed by atoms with van der Waals surface area (Å²) in [6.45, 7) is 3.30. The van der Waals surface area contributed by atoms with Crippen molar-refractivity contribution in [1.29, 1.82) is 0 Å². The first kappa shape index (κ1) is 21.5. The van der Waals surface area contributed by atoms with E-state index in [2.05, 4.69) is 20.5 Å². The summed E-state index contributed by atoms with van der Waals surface area (Å²) in [4.78, 5) is 38.4. The van der Waals surface area contributed by atoms with Gasteiger partial charge in [0.05, 0.1) is 5.75 Å². The average Bonchev–Trinajstić information content (AvgIpc) is 3.15. The molecular weight excluding hydrogens is 413 g/mol. The maximum absolute atomic E-state index is 13.5. The Labute approximate surface area is 174 Å². The summed E-state index contributed by atoms with van der Waals surface area (Å²) in [6.07, 6.45) is 0.631. The standard InChI is InChI=1S/C19H20FN5O4S/c1-10-4-5-12(8-14(10)20)22-15(26)9-30-19-24-23-16(29-19)7-6-13-11(2)21-18(28)25(3)17(13)27/h4-5,8H,6-7,9H2,1-3H3,(H,21,28)(H,22,26). The number of halogens is 1. The highest BCUT2D eigenvalue weighted by Gasteiger charge is 2.13. The fraction of sp³-hybridized carbons (Fsp3) is 0.316. The van der Waals surface area contributed by atoms with E-state index in [1.807, 2.05) is 0 Å². The summed E-state index contributed by atoms with van der Waals surface area (Å²) in [5, 5.41) is 10.6. The Kier molecular flexibility index (Phi) is 6.50. The van der Waals surface area contributed by atoms with Crippen LogP contribution in [0.3, 0.4) is 0 Å². The lowest BCUT2D eigenvalue weighted by atomic mass is 10.1. The molecule has 0 fully saturated rings. The lowest BCUT2D eigenvalue weighted by Gasteiger charge is -2.05. The number of nitrogens with zero attached hydrogens (tertiary/aromatic N) is 3. The highest BCUT2D eigenvalue weighted by atomic mass is 32.2. The second-order valence-corrected chi connectivity index (χ2v) is 7.59. The largest absolute Gasteiger partial charge is 0.416 e. The molecular formula is C19H20FN5O4S. The molecule has 9 nitrogen and oxygen atoms in total. The van der Waals surface area contributed by atoms with Gasteiger partial charge in [0.15, 0.2) is 0 Å². The number of benzene rings is 1. The van der Waals surface area contributed by atoms with Crippen molar-refractivity contribution in [1.82, 2.24) is 19.7 Å². The van der Waals surface area contributed by atoms with Crippen molar-refractivity contribution >= 4 is 23.4 Å². The Hall–Kier alpha value is -3.21. The first-order valence-corrected chi connectivity index (χ1v) is 10.0. The van der Waals surface area contributed by atoms with Crippen LogP contribution in [-0.4, -0.2) is 31.4 Å². The molecule has 3 rings (SSSR count). The number of aryl methyl sites for hydroxylation is 3. The van der Waals surface area contributed by atoms with Crippen LogP contribution in [0.15, 0.2) is 37.4 Å². The first-order chi connectivity index (χ1) is 14.2. The quantitative estimate of drug-likeness (QED) is 0.544. The number of H-pyrrole nitrogens is 1.